The maximum Gasteiger partial charge on any atom is 0.339 e. The lowest BCUT2D eigenvalue weighted by Gasteiger charge is -2.15. The Morgan fingerprint density at radius 2 is 1.96 bits per heavy atom. The average molecular weight is 349 g/mol. The summed E-state index contributed by atoms with van der Waals surface area (Å²) in [5, 5.41) is 9.10. The van der Waals surface area contributed by atoms with Crippen molar-refractivity contribution in [2.24, 2.45) is 0 Å². The minimum absolute atomic E-state index is 0.0104. The largest absolute Gasteiger partial charge is 0.494 e. The number of halogens is 1. The molecule has 1 aromatic carbocycles. The molecule has 1 heterocycles. The number of hydrogen-bond donors (Lipinski definition) is 1. The summed E-state index contributed by atoms with van der Waals surface area (Å²) in [5.74, 6) is -0.984. The molecule has 0 aliphatic heterocycles. The molecule has 0 saturated carbocycles. The van der Waals surface area contributed by atoms with E-state index in [-0.39, 0.29) is 28.8 Å². The third-order valence-corrected chi connectivity index (χ3v) is 3.64. The van der Waals surface area contributed by atoms with Crippen molar-refractivity contribution in [2.75, 3.05) is 20.2 Å². The van der Waals surface area contributed by atoms with E-state index in [1.165, 1.54) is 35.2 Å². The topological polar surface area (TPSA) is 80.0 Å². The van der Waals surface area contributed by atoms with Gasteiger partial charge in [-0.25, -0.2) is 9.18 Å². The molecule has 134 valence electrons. The van der Waals surface area contributed by atoms with Crippen LogP contribution in [0.3, 0.4) is 0 Å². The number of rotatable bonds is 8. The number of hydrogen-bond acceptors (Lipinski definition) is 4. The second-order valence-corrected chi connectivity index (χ2v) is 5.49. The molecule has 1 aromatic heterocycles. The molecule has 0 radical (unpaired) electrons. The Labute approximate surface area is 144 Å². The van der Waals surface area contributed by atoms with Crippen LogP contribution < -0.4 is 4.74 Å². The summed E-state index contributed by atoms with van der Waals surface area (Å²) in [7, 11) is 1.61. The highest BCUT2D eigenvalue weighted by Crippen LogP contribution is 2.18. The molecular weight excluding hydrogens is 329 g/mol. The van der Waals surface area contributed by atoms with Crippen LogP contribution in [0.1, 0.15) is 40.0 Å². The second kappa shape index (κ2) is 8.32. The molecule has 0 aliphatic carbocycles. The summed E-state index contributed by atoms with van der Waals surface area (Å²) in [6.45, 7) is 2.53. The summed E-state index contributed by atoms with van der Waals surface area (Å²) in [5.41, 5.74) is 0.0129. The summed E-state index contributed by atoms with van der Waals surface area (Å²) >= 11 is 0. The van der Waals surface area contributed by atoms with E-state index in [4.69, 9.17) is 14.3 Å². The molecule has 6 nitrogen and oxygen atoms in total. The number of carbonyl (C=O) groups excluding carboxylic acids is 1. The average Bonchev–Trinajstić information content (AvgIpc) is 3.04. The van der Waals surface area contributed by atoms with E-state index in [1.54, 1.807) is 14.0 Å². The van der Waals surface area contributed by atoms with Crippen molar-refractivity contribution in [2.45, 2.75) is 19.8 Å². The number of benzene rings is 1. The highest BCUT2D eigenvalue weighted by atomic mass is 19.1. The van der Waals surface area contributed by atoms with E-state index in [0.29, 0.717) is 31.7 Å². The van der Waals surface area contributed by atoms with Crippen molar-refractivity contribution in [1.29, 1.82) is 0 Å². The van der Waals surface area contributed by atoms with Crippen LogP contribution in [-0.2, 0) is 6.42 Å². The molecular formula is C18H20FNO5. The van der Waals surface area contributed by atoms with Crippen molar-refractivity contribution >= 4 is 11.9 Å². The van der Waals surface area contributed by atoms with E-state index in [9.17, 15) is 14.0 Å². The van der Waals surface area contributed by atoms with Crippen molar-refractivity contribution in [3.05, 3.63) is 53.2 Å². The number of ether oxygens (including phenoxy) is 1. The number of nitrogens with zero attached hydrogens (tertiary/aromatic N) is 1. The molecule has 25 heavy (non-hydrogen) atoms. The first-order chi connectivity index (χ1) is 11.9. The molecule has 0 fully saturated rings. The fourth-order valence-corrected chi connectivity index (χ4v) is 2.29. The highest BCUT2D eigenvalue weighted by molar-refractivity contribution is 5.96. The Bertz CT molecular complexity index is 738. The van der Waals surface area contributed by atoms with E-state index < -0.39 is 5.97 Å². The van der Waals surface area contributed by atoms with Crippen LogP contribution in [0, 0.1) is 5.82 Å². The Kier molecular flexibility index (Phi) is 6.16. The Hall–Kier alpha value is -2.83. The third kappa shape index (κ3) is 4.82. The van der Waals surface area contributed by atoms with Gasteiger partial charge >= 0.3 is 5.97 Å². The lowest BCUT2D eigenvalue weighted by Crippen LogP contribution is -2.28. The van der Waals surface area contributed by atoms with Gasteiger partial charge in [-0.3, -0.25) is 4.79 Å². The molecule has 0 spiro atoms. The quantitative estimate of drug-likeness (QED) is 0.740. The van der Waals surface area contributed by atoms with E-state index >= 15 is 0 Å². The molecule has 0 aliphatic rings. The number of amides is 1. The van der Waals surface area contributed by atoms with Crippen LogP contribution in [0.25, 0.3) is 0 Å². The second-order valence-electron chi connectivity index (χ2n) is 5.49. The van der Waals surface area contributed by atoms with Crippen LogP contribution in [0.2, 0.25) is 0 Å². The monoisotopic (exact) mass is 349 g/mol. The van der Waals surface area contributed by atoms with E-state index in [0.717, 1.165) is 0 Å². The van der Waals surface area contributed by atoms with Gasteiger partial charge in [0, 0.05) is 26.1 Å². The maximum absolute atomic E-state index is 12.8. The van der Waals surface area contributed by atoms with Gasteiger partial charge in [-0.05, 0) is 30.7 Å². The van der Waals surface area contributed by atoms with Gasteiger partial charge in [0.25, 0.3) is 5.91 Å². The molecule has 2 aromatic rings. The smallest absolute Gasteiger partial charge is 0.339 e. The van der Waals surface area contributed by atoms with Gasteiger partial charge in [0.15, 0.2) is 5.76 Å². The van der Waals surface area contributed by atoms with Gasteiger partial charge < -0.3 is 19.2 Å². The van der Waals surface area contributed by atoms with Crippen molar-refractivity contribution < 1.29 is 28.2 Å². The molecule has 7 heteroatoms. The summed E-state index contributed by atoms with van der Waals surface area (Å²) < 4.78 is 23.6. The van der Waals surface area contributed by atoms with Gasteiger partial charge in [0.05, 0.1) is 6.61 Å². The van der Waals surface area contributed by atoms with Gasteiger partial charge in [0.2, 0.25) is 0 Å². The van der Waals surface area contributed by atoms with E-state index in [1.807, 2.05) is 0 Å². The number of aromatic carboxylic acids is 1. The lowest BCUT2D eigenvalue weighted by atomic mass is 10.2. The van der Waals surface area contributed by atoms with E-state index in [2.05, 4.69) is 0 Å². The van der Waals surface area contributed by atoms with Crippen LogP contribution in [0.15, 0.2) is 34.7 Å². The Morgan fingerprint density at radius 3 is 2.52 bits per heavy atom. The molecule has 2 rings (SSSR count). The summed E-state index contributed by atoms with van der Waals surface area (Å²) in [6, 6.07) is 6.95. The summed E-state index contributed by atoms with van der Waals surface area (Å²) in [6.07, 6.45) is 0.955. The molecule has 0 bridgehead atoms. The highest BCUT2D eigenvalue weighted by Gasteiger charge is 2.22. The first-order valence-corrected chi connectivity index (χ1v) is 7.92. The predicted molar refractivity (Wildman–Crippen MR) is 88.5 cm³/mol. The van der Waals surface area contributed by atoms with Gasteiger partial charge in [-0.2, -0.15) is 0 Å². The number of carboxylic acids is 1. The lowest BCUT2D eigenvalue weighted by molar-refractivity contribution is 0.0692. The van der Waals surface area contributed by atoms with Crippen molar-refractivity contribution in [1.82, 2.24) is 4.90 Å². The van der Waals surface area contributed by atoms with Crippen LogP contribution in [0.4, 0.5) is 4.39 Å². The third-order valence-electron chi connectivity index (χ3n) is 3.64. The molecule has 1 N–H and O–H groups in total. The van der Waals surface area contributed by atoms with Gasteiger partial charge in [-0.1, -0.05) is 6.92 Å². The normalized spacial score (nSPS) is 10.5. The fourth-order valence-electron chi connectivity index (χ4n) is 2.29. The molecule has 0 unspecified atom stereocenters. The zero-order chi connectivity index (χ0) is 18.4. The van der Waals surface area contributed by atoms with Crippen molar-refractivity contribution in [3.63, 3.8) is 0 Å². The molecule has 1 amide bonds. The Morgan fingerprint density at radius 1 is 1.28 bits per heavy atom. The summed E-state index contributed by atoms with van der Waals surface area (Å²) in [4.78, 5) is 24.9. The number of furan rings is 1. The first kappa shape index (κ1) is 18.5. The number of carbonyl (C=O) groups is 2. The zero-order valence-corrected chi connectivity index (χ0v) is 14.1. The number of carboxylic acid groups (broad SMARTS) is 1. The maximum atomic E-state index is 12.8. The standard InChI is InChI=1S/C18H20FNO5/c1-3-15-14(18(22)23)11-16(25-15)17(21)20(2)9-4-10-24-13-7-5-12(19)6-8-13/h5-8,11H,3-4,9-10H2,1-2H3,(H,22,23). The Balaban J connectivity index is 1.85. The van der Waals surface area contributed by atoms with Crippen molar-refractivity contribution in [3.8, 4) is 5.75 Å². The first-order valence-electron chi connectivity index (χ1n) is 7.92. The SMILES string of the molecule is CCc1oc(C(=O)N(C)CCCOc2ccc(F)cc2)cc1C(=O)O. The molecule has 0 saturated heterocycles. The van der Waals surface area contributed by atoms with Crippen LogP contribution in [-0.4, -0.2) is 42.1 Å². The van der Waals surface area contributed by atoms with Gasteiger partial charge in [-0.15, -0.1) is 0 Å². The van der Waals surface area contributed by atoms with Crippen LogP contribution in [0.5, 0.6) is 5.75 Å². The fraction of sp³-hybridized carbons (Fsp3) is 0.333. The number of aryl methyl sites for hydroxylation is 1. The molecule has 0 atom stereocenters. The zero-order valence-electron chi connectivity index (χ0n) is 14.1. The van der Waals surface area contributed by atoms with Crippen LogP contribution >= 0.6 is 0 Å². The predicted octanol–water partition coefficient (Wildman–Crippen LogP) is 3.22. The van der Waals surface area contributed by atoms with Gasteiger partial charge in [0.1, 0.15) is 22.9 Å². The minimum atomic E-state index is -1.12. The minimum Gasteiger partial charge on any atom is -0.494 e.